The largest absolute Gasteiger partial charge is 0.481 e. The molecule has 2 fully saturated rings. The van der Waals surface area contributed by atoms with Gasteiger partial charge in [0.25, 0.3) is 0 Å². The molecule has 1 unspecified atom stereocenters. The number of hydrogen-bond acceptors (Lipinski definition) is 3. The van der Waals surface area contributed by atoms with Crippen molar-refractivity contribution in [2.45, 2.75) is 32.2 Å². The summed E-state index contributed by atoms with van der Waals surface area (Å²) < 4.78 is 10.9. The van der Waals surface area contributed by atoms with Gasteiger partial charge in [0.2, 0.25) is 0 Å². The van der Waals surface area contributed by atoms with Gasteiger partial charge in [-0.05, 0) is 20.3 Å². The molecular formula is C9H14O4. The first-order valence-corrected chi connectivity index (χ1v) is 4.54. The van der Waals surface area contributed by atoms with Crippen LogP contribution in [0.1, 0.15) is 20.3 Å². The first kappa shape index (κ1) is 8.97. The van der Waals surface area contributed by atoms with Crippen LogP contribution in [0.15, 0.2) is 0 Å². The van der Waals surface area contributed by atoms with Crippen molar-refractivity contribution in [3.63, 3.8) is 0 Å². The standard InChI is InChI=1S/C9H14O4/c1-9(2)12-4-7(13-9)5-3-6(5)8(10)11/h5-7H,3-4H2,1-2H3,(H,10,11)/t5-,6-,7?/m1/s1. The van der Waals surface area contributed by atoms with Gasteiger partial charge in [0.05, 0.1) is 18.6 Å². The molecule has 0 bridgehead atoms. The van der Waals surface area contributed by atoms with Gasteiger partial charge in [-0.1, -0.05) is 0 Å². The molecule has 1 heterocycles. The molecule has 4 heteroatoms. The Morgan fingerprint density at radius 2 is 2.23 bits per heavy atom. The second kappa shape index (κ2) is 2.69. The minimum Gasteiger partial charge on any atom is -0.481 e. The van der Waals surface area contributed by atoms with Gasteiger partial charge >= 0.3 is 5.97 Å². The molecular weight excluding hydrogens is 172 g/mol. The molecule has 1 N–H and O–H groups in total. The van der Waals surface area contributed by atoms with Crippen molar-refractivity contribution >= 4 is 5.97 Å². The zero-order valence-corrected chi connectivity index (χ0v) is 7.82. The van der Waals surface area contributed by atoms with Crippen molar-refractivity contribution in [3.8, 4) is 0 Å². The topological polar surface area (TPSA) is 55.8 Å². The summed E-state index contributed by atoms with van der Waals surface area (Å²) in [5.74, 6) is -1.28. The van der Waals surface area contributed by atoms with Crippen LogP contribution < -0.4 is 0 Å². The van der Waals surface area contributed by atoms with Gasteiger partial charge in [0.15, 0.2) is 5.79 Å². The van der Waals surface area contributed by atoms with E-state index in [0.29, 0.717) is 6.61 Å². The van der Waals surface area contributed by atoms with Crippen molar-refractivity contribution < 1.29 is 19.4 Å². The summed E-state index contributed by atoms with van der Waals surface area (Å²) in [6.07, 6.45) is 0.718. The summed E-state index contributed by atoms with van der Waals surface area (Å²) in [6, 6.07) is 0. The van der Waals surface area contributed by atoms with Crippen molar-refractivity contribution in [1.29, 1.82) is 0 Å². The van der Waals surface area contributed by atoms with Gasteiger partial charge in [-0.3, -0.25) is 4.79 Å². The van der Waals surface area contributed by atoms with Crippen LogP contribution in [0.4, 0.5) is 0 Å². The molecule has 74 valence electrons. The lowest BCUT2D eigenvalue weighted by Crippen LogP contribution is -2.23. The van der Waals surface area contributed by atoms with Gasteiger partial charge in [0, 0.05) is 5.92 Å². The second-order valence-electron chi connectivity index (χ2n) is 4.21. The molecule has 0 radical (unpaired) electrons. The number of hydrogen-bond donors (Lipinski definition) is 1. The van der Waals surface area contributed by atoms with Crippen molar-refractivity contribution in [2.24, 2.45) is 11.8 Å². The van der Waals surface area contributed by atoms with E-state index in [1.54, 1.807) is 0 Å². The molecule has 2 rings (SSSR count). The zero-order valence-electron chi connectivity index (χ0n) is 7.82. The third kappa shape index (κ3) is 1.69. The van der Waals surface area contributed by atoms with Gasteiger partial charge in [-0.15, -0.1) is 0 Å². The second-order valence-corrected chi connectivity index (χ2v) is 4.21. The molecule has 1 saturated heterocycles. The quantitative estimate of drug-likeness (QED) is 0.694. The summed E-state index contributed by atoms with van der Waals surface area (Å²) in [5.41, 5.74) is 0. The molecule has 0 spiro atoms. The maximum atomic E-state index is 10.6. The van der Waals surface area contributed by atoms with E-state index in [-0.39, 0.29) is 17.9 Å². The predicted molar refractivity (Wildman–Crippen MR) is 44.1 cm³/mol. The molecule has 1 aliphatic carbocycles. The molecule has 2 aliphatic rings. The van der Waals surface area contributed by atoms with Gasteiger partial charge in [-0.2, -0.15) is 0 Å². The fraction of sp³-hybridized carbons (Fsp3) is 0.889. The molecule has 0 amide bonds. The number of carboxylic acid groups (broad SMARTS) is 1. The third-order valence-electron chi connectivity index (χ3n) is 2.66. The number of aliphatic carboxylic acids is 1. The number of ether oxygens (including phenoxy) is 2. The summed E-state index contributed by atoms with van der Waals surface area (Å²) in [6.45, 7) is 4.23. The fourth-order valence-electron chi connectivity index (χ4n) is 1.84. The number of rotatable bonds is 2. The monoisotopic (exact) mass is 186 g/mol. The Morgan fingerprint density at radius 3 is 2.62 bits per heavy atom. The Labute approximate surface area is 76.8 Å². The maximum absolute atomic E-state index is 10.6. The highest BCUT2D eigenvalue weighted by molar-refractivity contribution is 5.73. The van der Waals surface area contributed by atoms with Crippen LogP contribution >= 0.6 is 0 Å². The lowest BCUT2D eigenvalue weighted by atomic mass is 10.2. The van der Waals surface area contributed by atoms with Crippen LogP contribution in [0, 0.1) is 11.8 Å². The third-order valence-corrected chi connectivity index (χ3v) is 2.66. The minimum atomic E-state index is -0.710. The summed E-state index contributed by atoms with van der Waals surface area (Å²) >= 11 is 0. The first-order valence-electron chi connectivity index (χ1n) is 4.54. The first-order chi connectivity index (χ1) is 5.99. The molecule has 13 heavy (non-hydrogen) atoms. The minimum absolute atomic E-state index is 0.0175. The van der Waals surface area contributed by atoms with E-state index in [0.717, 1.165) is 6.42 Å². The van der Waals surface area contributed by atoms with E-state index in [1.807, 2.05) is 13.8 Å². The van der Waals surface area contributed by atoms with E-state index < -0.39 is 11.8 Å². The molecule has 3 atom stereocenters. The predicted octanol–water partition coefficient (Wildman–Crippen LogP) is 0.859. The average Bonchev–Trinajstić information content (AvgIpc) is 2.71. The van der Waals surface area contributed by atoms with Gasteiger partial charge in [0.1, 0.15) is 0 Å². The van der Waals surface area contributed by atoms with Crippen LogP contribution in [-0.4, -0.2) is 29.6 Å². The molecule has 0 aromatic carbocycles. The van der Waals surface area contributed by atoms with Crippen molar-refractivity contribution in [1.82, 2.24) is 0 Å². The SMILES string of the molecule is CC1(C)OCC([C@@H]2C[C@H]2C(=O)O)O1. The molecule has 1 saturated carbocycles. The Hall–Kier alpha value is -0.610. The molecule has 1 aliphatic heterocycles. The van der Waals surface area contributed by atoms with Crippen LogP contribution in [-0.2, 0) is 14.3 Å². The van der Waals surface area contributed by atoms with E-state index in [9.17, 15) is 4.79 Å². The van der Waals surface area contributed by atoms with Crippen LogP contribution in [0.2, 0.25) is 0 Å². The number of carboxylic acids is 1. The Morgan fingerprint density at radius 1 is 1.54 bits per heavy atom. The van der Waals surface area contributed by atoms with Gasteiger partial charge < -0.3 is 14.6 Å². The van der Waals surface area contributed by atoms with E-state index in [1.165, 1.54) is 0 Å². The Bertz CT molecular complexity index is 236. The summed E-state index contributed by atoms with van der Waals surface area (Å²) in [7, 11) is 0. The fourth-order valence-corrected chi connectivity index (χ4v) is 1.84. The van der Waals surface area contributed by atoms with Crippen LogP contribution in [0.25, 0.3) is 0 Å². The highest BCUT2D eigenvalue weighted by Crippen LogP contribution is 2.45. The summed E-state index contributed by atoms with van der Waals surface area (Å²) in [5, 5.41) is 8.72. The van der Waals surface area contributed by atoms with Crippen molar-refractivity contribution in [3.05, 3.63) is 0 Å². The Balaban J connectivity index is 1.89. The molecule has 0 aromatic rings. The Kier molecular flexibility index (Phi) is 1.85. The van der Waals surface area contributed by atoms with Gasteiger partial charge in [-0.25, -0.2) is 0 Å². The van der Waals surface area contributed by atoms with Crippen LogP contribution in [0.3, 0.4) is 0 Å². The van der Waals surface area contributed by atoms with Crippen molar-refractivity contribution in [2.75, 3.05) is 6.61 Å². The maximum Gasteiger partial charge on any atom is 0.306 e. The van der Waals surface area contributed by atoms with E-state index in [4.69, 9.17) is 14.6 Å². The normalized spacial score (nSPS) is 41.8. The zero-order chi connectivity index (χ0) is 9.64. The highest BCUT2D eigenvalue weighted by Gasteiger charge is 2.52. The molecule has 4 nitrogen and oxygen atoms in total. The molecule has 0 aromatic heterocycles. The van der Waals surface area contributed by atoms with Crippen LogP contribution in [0.5, 0.6) is 0 Å². The lowest BCUT2D eigenvalue weighted by molar-refractivity contribution is -0.145. The van der Waals surface area contributed by atoms with E-state index in [2.05, 4.69) is 0 Å². The highest BCUT2D eigenvalue weighted by atomic mass is 16.7. The van der Waals surface area contributed by atoms with E-state index >= 15 is 0 Å². The lowest BCUT2D eigenvalue weighted by Gasteiger charge is -2.16. The average molecular weight is 186 g/mol. The number of carbonyl (C=O) groups is 1. The smallest absolute Gasteiger partial charge is 0.306 e. The summed E-state index contributed by atoms with van der Waals surface area (Å²) in [4.78, 5) is 10.6.